The van der Waals surface area contributed by atoms with E-state index in [-0.39, 0.29) is 35.8 Å². The number of nitrogens with one attached hydrogen (secondary N) is 1. The zero-order chi connectivity index (χ0) is 22.9. The minimum Gasteiger partial charge on any atom is -0.496 e. The van der Waals surface area contributed by atoms with Gasteiger partial charge in [-0.25, -0.2) is 0 Å². The first-order valence-corrected chi connectivity index (χ1v) is 11.2. The van der Waals surface area contributed by atoms with E-state index in [1.54, 1.807) is 28.4 Å². The number of hydrogen-bond donors (Lipinski definition) is 1. The highest BCUT2D eigenvalue weighted by Gasteiger charge is 2.30. The predicted molar refractivity (Wildman–Crippen MR) is 138 cm³/mol. The number of methoxy groups -OCH3 is 3. The maximum atomic E-state index is 12.8. The van der Waals surface area contributed by atoms with Crippen LogP contribution in [0, 0.1) is 5.92 Å². The Morgan fingerprint density at radius 3 is 2.15 bits per heavy atom. The van der Waals surface area contributed by atoms with E-state index in [4.69, 9.17) is 18.9 Å². The van der Waals surface area contributed by atoms with Gasteiger partial charge in [0.05, 0.1) is 34.5 Å². The summed E-state index contributed by atoms with van der Waals surface area (Å²) in [7, 11) is 6.71. The largest absolute Gasteiger partial charge is 0.496 e. The summed E-state index contributed by atoms with van der Waals surface area (Å²) in [5, 5.41) is 3.45. The molecule has 3 rings (SSSR count). The number of nitrogens with zero attached hydrogens (tertiary/aromatic N) is 3. The predicted octanol–water partition coefficient (Wildman–Crippen LogP) is 2.02. The van der Waals surface area contributed by atoms with Gasteiger partial charge in [-0.05, 0) is 19.3 Å². The first-order valence-electron chi connectivity index (χ1n) is 11.2. The third-order valence-electron chi connectivity index (χ3n) is 6.15. The normalized spacial score (nSPS) is 17.3. The van der Waals surface area contributed by atoms with Gasteiger partial charge in [-0.3, -0.25) is 9.79 Å². The molecule has 0 aromatic heterocycles. The van der Waals surface area contributed by atoms with E-state index in [0.717, 1.165) is 49.0 Å². The van der Waals surface area contributed by atoms with Crippen molar-refractivity contribution in [3.05, 3.63) is 17.7 Å². The SMILES string of the molecule is CN=C(NCCc1c(OC)cc(OC)cc1OC)N1CCC(C(=O)N2CCOCC2)CC1.I. The van der Waals surface area contributed by atoms with Crippen molar-refractivity contribution in [2.45, 2.75) is 19.3 Å². The molecule has 0 radical (unpaired) electrons. The summed E-state index contributed by atoms with van der Waals surface area (Å²) in [5.41, 5.74) is 0.980. The Bertz CT molecular complexity index is 768. The van der Waals surface area contributed by atoms with Crippen LogP contribution in [0.3, 0.4) is 0 Å². The quantitative estimate of drug-likeness (QED) is 0.302. The molecular weight excluding hydrogens is 539 g/mol. The molecule has 0 unspecified atom stereocenters. The molecule has 1 aromatic carbocycles. The Labute approximate surface area is 213 Å². The van der Waals surface area contributed by atoms with Gasteiger partial charge in [0.25, 0.3) is 0 Å². The van der Waals surface area contributed by atoms with Crippen molar-refractivity contribution >= 4 is 35.8 Å². The van der Waals surface area contributed by atoms with E-state index in [9.17, 15) is 4.79 Å². The summed E-state index contributed by atoms with van der Waals surface area (Å²) < 4.78 is 21.8. The van der Waals surface area contributed by atoms with Crippen LogP contribution in [0.25, 0.3) is 0 Å². The molecule has 0 aliphatic carbocycles. The Balaban J connectivity index is 0.00000385. The zero-order valence-corrected chi connectivity index (χ0v) is 22.4. The molecule has 2 aliphatic rings. The number of hydrogen-bond acceptors (Lipinski definition) is 6. The van der Waals surface area contributed by atoms with Crippen LogP contribution in [-0.4, -0.2) is 96.0 Å². The van der Waals surface area contributed by atoms with Gasteiger partial charge in [0.2, 0.25) is 5.91 Å². The lowest BCUT2D eigenvalue weighted by atomic mass is 9.95. The second-order valence-electron chi connectivity index (χ2n) is 7.93. The zero-order valence-electron chi connectivity index (χ0n) is 20.1. The number of guanidine groups is 1. The number of benzene rings is 1. The van der Waals surface area contributed by atoms with E-state index in [1.165, 1.54) is 0 Å². The number of morpholine rings is 1. The van der Waals surface area contributed by atoms with Gasteiger partial charge in [0.15, 0.2) is 5.96 Å². The number of carbonyl (C=O) groups excluding carboxylic acids is 1. The van der Waals surface area contributed by atoms with Crippen LogP contribution in [0.5, 0.6) is 17.2 Å². The summed E-state index contributed by atoms with van der Waals surface area (Å²) in [4.78, 5) is 21.4. The molecule has 10 heteroatoms. The van der Waals surface area contributed by atoms with Crippen LogP contribution in [0.1, 0.15) is 18.4 Å². The van der Waals surface area contributed by atoms with Crippen molar-refractivity contribution in [3.63, 3.8) is 0 Å². The second kappa shape index (κ2) is 13.7. The Morgan fingerprint density at radius 2 is 1.64 bits per heavy atom. The van der Waals surface area contributed by atoms with Gasteiger partial charge in [0, 0.05) is 63.4 Å². The number of piperidine rings is 1. The molecule has 0 bridgehead atoms. The molecule has 2 heterocycles. The minimum absolute atomic E-state index is 0. The fourth-order valence-corrected chi connectivity index (χ4v) is 4.34. The highest BCUT2D eigenvalue weighted by atomic mass is 127. The third kappa shape index (κ3) is 7.02. The summed E-state index contributed by atoms with van der Waals surface area (Å²) >= 11 is 0. The molecule has 1 amide bonds. The number of ether oxygens (including phenoxy) is 4. The van der Waals surface area contributed by atoms with Crippen molar-refractivity contribution in [1.29, 1.82) is 0 Å². The molecule has 0 spiro atoms. The molecule has 2 aliphatic heterocycles. The van der Waals surface area contributed by atoms with Gasteiger partial charge in [-0.15, -0.1) is 24.0 Å². The molecule has 186 valence electrons. The molecule has 9 nitrogen and oxygen atoms in total. The standard InChI is InChI=1S/C23H36N4O5.HI/c1-24-23(25-8-5-19-20(30-3)15-18(29-2)16-21(19)31-4)27-9-6-17(7-10-27)22(28)26-11-13-32-14-12-26;/h15-17H,5-14H2,1-4H3,(H,24,25);1H. The van der Waals surface area contributed by atoms with Gasteiger partial charge in [0.1, 0.15) is 17.2 Å². The van der Waals surface area contributed by atoms with Crippen LogP contribution < -0.4 is 19.5 Å². The smallest absolute Gasteiger partial charge is 0.225 e. The topological polar surface area (TPSA) is 84.9 Å². The molecule has 1 N–H and O–H groups in total. The van der Waals surface area contributed by atoms with Crippen LogP contribution in [0.4, 0.5) is 0 Å². The van der Waals surface area contributed by atoms with E-state index in [2.05, 4.69) is 15.2 Å². The summed E-state index contributed by atoms with van der Waals surface area (Å²) in [6, 6.07) is 3.73. The van der Waals surface area contributed by atoms with Crippen molar-refractivity contribution in [2.24, 2.45) is 10.9 Å². The van der Waals surface area contributed by atoms with E-state index >= 15 is 0 Å². The lowest BCUT2D eigenvalue weighted by Gasteiger charge is -2.36. The van der Waals surface area contributed by atoms with Gasteiger partial charge in [-0.1, -0.05) is 0 Å². The van der Waals surface area contributed by atoms with Crippen molar-refractivity contribution < 1.29 is 23.7 Å². The van der Waals surface area contributed by atoms with Crippen LogP contribution in [-0.2, 0) is 16.0 Å². The summed E-state index contributed by atoms with van der Waals surface area (Å²) in [6.07, 6.45) is 2.40. The molecule has 33 heavy (non-hydrogen) atoms. The summed E-state index contributed by atoms with van der Waals surface area (Å²) in [5.74, 6) is 3.39. The molecule has 0 atom stereocenters. The fraction of sp³-hybridized carbons (Fsp3) is 0.652. The average Bonchev–Trinajstić information content (AvgIpc) is 2.86. The maximum absolute atomic E-state index is 12.8. The number of rotatable bonds is 7. The van der Waals surface area contributed by atoms with Crippen molar-refractivity contribution in [1.82, 2.24) is 15.1 Å². The second-order valence-corrected chi connectivity index (χ2v) is 7.93. The molecule has 0 saturated carbocycles. The number of likely N-dealkylation sites (tertiary alicyclic amines) is 1. The number of amides is 1. The van der Waals surface area contributed by atoms with Crippen LogP contribution >= 0.6 is 24.0 Å². The highest BCUT2D eigenvalue weighted by Crippen LogP contribution is 2.34. The molecule has 1 aromatic rings. The van der Waals surface area contributed by atoms with Crippen LogP contribution in [0.2, 0.25) is 0 Å². The average molecular weight is 576 g/mol. The van der Waals surface area contributed by atoms with Crippen LogP contribution in [0.15, 0.2) is 17.1 Å². The molecule has 2 saturated heterocycles. The van der Waals surface area contributed by atoms with E-state index in [1.807, 2.05) is 17.0 Å². The van der Waals surface area contributed by atoms with E-state index < -0.39 is 0 Å². The number of halogens is 1. The lowest BCUT2D eigenvalue weighted by Crippen LogP contribution is -2.50. The van der Waals surface area contributed by atoms with Crippen molar-refractivity contribution in [2.75, 3.05) is 74.3 Å². The summed E-state index contributed by atoms with van der Waals surface area (Å²) in [6.45, 7) is 5.01. The molecule has 2 fully saturated rings. The van der Waals surface area contributed by atoms with Gasteiger partial charge in [-0.2, -0.15) is 0 Å². The van der Waals surface area contributed by atoms with E-state index in [0.29, 0.717) is 45.0 Å². The fourth-order valence-electron chi connectivity index (χ4n) is 4.34. The Morgan fingerprint density at radius 1 is 1.03 bits per heavy atom. The van der Waals surface area contributed by atoms with Gasteiger partial charge >= 0.3 is 0 Å². The number of aliphatic imine (C=N–C) groups is 1. The highest BCUT2D eigenvalue weighted by molar-refractivity contribution is 14.0. The number of carbonyl (C=O) groups is 1. The Kier molecular flexibility index (Phi) is 11.3. The van der Waals surface area contributed by atoms with Crippen molar-refractivity contribution in [3.8, 4) is 17.2 Å². The third-order valence-corrected chi connectivity index (χ3v) is 6.15. The first-order chi connectivity index (χ1) is 15.6. The van der Waals surface area contributed by atoms with Gasteiger partial charge < -0.3 is 34.1 Å². The first kappa shape index (κ1) is 27.3. The minimum atomic E-state index is 0. The molecular formula is C23H37IN4O5. The monoisotopic (exact) mass is 576 g/mol. The lowest BCUT2D eigenvalue weighted by molar-refractivity contribution is -0.140. The maximum Gasteiger partial charge on any atom is 0.225 e. The Hall–Kier alpha value is -1.95.